The third-order valence-corrected chi connectivity index (χ3v) is 6.89. The lowest BCUT2D eigenvalue weighted by Crippen LogP contribution is -2.47. The summed E-state index contributed by atoms with van der Waals surface area (Å²) in [6.07, 6.45) is 0.890. The molecule has 0 radical (unpaired) electrons. The maximum Gasteiger partial charge on any atom is 0.407 e. The number of rotatable bonds is 11. The number of amides is 1. The SMILES string of the molecule is CC(=O)OCC(Cc1ccccc1)(Cc1ccccc1)[C@@H]1O[C@H]1[C@H](Cc1ccccc1)NC(=O)OC(C)(C)C. The minimum atomic E-state index is -0.620. The first kappa shape index (κ1) is 28.4. The number of hydrogen-bond acceptors (Lipinski definition) is 5. The zero-order valence-electron chi connectivity index (χ0n) is 23.3. The van der Waals surface area contributed by atoms with Gasteiger partial charge in [-0.3, -0.25) is 4.79 Å². The highest BCUT2D eigenvalue weighted by molar-refractivity contribution is 5.68. The number of nitrogens with one attached hydrogen (secondary N) is 1. The maximum absolute atomic E-state index is 12.9. The van der Waals surface area contributed by atoms with Crippen molar-refractivity contribution in [2.75, 3.05) is 6.61 Å². The molecule has 206 valence electrons. The number of epoxide rings is 1. The van der Waals surface area contributed by atoms with Crippen LogP contribution in [-0.2, 0) is 38.3 Å². The highest BCUT2D eigenvalue weighted by Crippen LogP contribution is 2.46. The molecule has 3 aromatic carbocycles. The van der Waals surface area contributed by atoms with Crippen molar-refractivity contribution in [1.82, 2.24) is 5.32 Å². The normalized spacial score (nSPS) is 17.6. The maximum atomic E-state index is 12.9. The summed E-state index contributed by atoms with van der Waals surface area (Å²) < 4.78 is 17.8. The fourth-order valence-electron chi connectivity index (χ4n) is 5.20. The molecule has 0 aromatic heterocycles. The first-order valence-corrected chi connectivity index (χ1v) is 13.5. The van der Waals surface area contributed by atoms with Gasteiger partial charge < -0.3 is 19.5 Å². The Morgan fingerprint density at radius 2 is 1.31 bits per heavy atom. The van der Waals surface area contributed by atoms with Gasteiger partial charge in [0.05, 0.1) is 12.1 Å². The molecule has 1 N–H and O–H groups in total. The quantitative estimate of drug-likeness (QED) is 0.246. The van der Waals surface area contributed by atoms with Crippen molar-refractivity contribution < 1.29 is 23.8 Å². The van der Waals surface area contributed by atoms with Crippen LogP contribution in [0, 0.1) is 5.41 Å². The molecule has 1 saturated heterocycles. The summed E-state index contributed by atoms with van der Waals surface area (Å²) in [5.74, 6) is -0.328. The van der Waals surface area contributed by atoms with Gasteiger partial charge in [-0.2, -0.15) is 0 Å². The molecule has 6 nitrogen and oxygen atoms in total. The van der Waals surface area contributed by atoms with Gasteiger partial charge in [0, 0.05) is 12.3 Å². The van der Waals surface area contributed by atoms with Crippen molar-refractivity contribution in [3.8, 4) is 0 Å². The zero-order valence-corrected chi connectivity index (χ0v) is 23.3. The van der Waals surface area contributed by atoms with E-state index < -0.39 is 17.1 Å². The standard InChI is InChI=1S/C33H39NO5/c1-24(35)37-23-33(21-26-16-10-6-11-17-26,22-27-18-12-7-13-19-27)30-29(38-30)28(20-25-14-8-5-9-15-25)34-31(36)39-32(2,3)4/h5-19,28-30H,20-23H2,1-4H3,(H,34,36)/t28-,29-,30+/m0/s1. The Balaban J connectivity index is 1.66. The second kappa shape index (κ2) is 12.5. The largest absolute Gasteiger partial charge is 0.465 e. The van der Waals surface area contributed by atoms with Gasteiger partial charge in [0.2, 0.25) is 0 Å². The van der Waals surface area contributed by atoms with E-state index in [4.69, 9.17) is 14.2 Å². The highest BCUT2D eigenvalue weighted by Gasteiger charge is 2.58. The van der Waals surface area contributed by atoms with E-state index in [0.717, 1.165) is 16.7 Å². The summed E-state index contributed by atoms with van der Waals surface area (Å²) in [7, 11) is 0. The highest BCUT2D eigenvalue weighted by atomic mass is 16.6. The molecule has 1 fully saturated rings. The van der Waals surface area contributed by atoms with Gasteiger partial charge >= 0.3 is 12.1 Å². The molecule has 1 heterocycles. The van der Waals surface area contributed by atoms with E-state index >= 15 is 0 Å². The first-order valence-electron chi connectivity index (χ1n) is 13.5. The summed E-state index contributed by atoms with van der Waals surface area (Å²) in [4.78, 5) is 24.9. The lowest BCUT2D eigenvalue weighted by molar-refractivity contribution is -0.145. The van der Waals surface area contributed by atoms with Gasteiger partial charge in [-0.1, -0.05) is 91.0 Å². The molecule has 1 amide bonds. The Morgan fingerprint density at radius 1 is 0.821 bits per heavy atom. The number of ether oxygens (including phenoxy) is 3. The van der Waals surface area contributed by atoms with E-state index in [0.29, 0.717) is 19.3 Å². The topological polar surface area (TPSA) is 77.2 Å². The van der Waals surface area contributed by atoms with Crippen LogP contribution in [0.3, 0.4) is 0 Å². The number of carbonyl (C=O) groups is 2. The molecule has 0 saturated carbocycles. The fourth-order valence-corrected chi connectivity index (χ4v) is 5.20. The van der Waals surface area contributed by atoms with Gasteiger partial charge in [-0.15, -0.1) is 0 Å². The molecular formula is C33H39NO5. The molecule has 6 heteroatoms. The average molecular weight is 530 g/mol. The third kappa shape index (κ3) is 8.42. The molecule has 0 unspecified atom stereocenters. The van der Waals surface area contributed by atoms with Gasteiger partial charge in [0.1, 0.15) is 18.3 Å². The van der Waals surface area contributed by atoms with Crippen LogP contribution >= 0.6 is 0 Å². The monoisotopic (exact) mass is 529 g/mol. The second-order valence-corrected chi connectivity index (χ2v) is 11.4. The van der Waals surface area contributed by atoms with E-state index in [1.807, 2.05) is 87.5 Å². The van der Waals surface area contributed by atoms with Crippen molar-refractivity contribution in [2.45, 2.75) is 70.8 Å². The fraction of sp³-hybridized carbons (Fsp3) is 0.394. The second-order valence-electron chi connectivity index (χ2n) is 11.4. The summed E-state index contributed by atoms with van der Waals surface area (Å²) in [6, 6.07) is 30.1. The Kier molecular flexibility index (Phi) is 9.08. The molecule has 0 bridgehead atoms. The van der Waals surface area contributed by atoms with E-state index in [1.165, 1.54) is 6.92 Å². The lowest BCUT2D eigenvalue weighted by Gasteiger charge is -2.33. The van der Waals surface area contributed by atoms with Crippen molar-refractivity contribution >= 4 is 12.1 Å². The van der Waals surface area contributed by atoms with Crippen LogP contribution in [0.25, 0.3) is 0 Å². The minimum absolute atomic E-state index is 0.206. The van der Waals surface area contributed by atoms with E-state index in [2.05, 4.69) is 29.6 Å². The third-order valence-electron chi connectivity index (χ3n) is 6.89. The van der Waals surface area contributed by atoms with Crippen molar-refractivity contribution in [2.24, 2.45) is 5.41 Å². The van der Waals surface area contributed by atoms with E-state index in [1.54, 1.807) is 0 Å². The Hall–Kier alpha value is -3.64. The van der Waals surface area contributed by atoms with Gasteiger partial charge in [0.15, 0.2) is 0 Å². The Bertz CT molecular complexity index is 1170. The van der Waals surface area contributed by atoms with E-state index in [9.17, 15) is 9.59 Å². The predicted octanol–water partition coefficient (Wildman–Crippen LogP) is 5.92. The van der Waals surface area contributed by atoms with Crippen LogP contribution in [0.5, 0.6) is 0 Å². The van der Waals surface area contributed by atoms with Crippen LogP contribution in [-0.4, -0.2) is 42.5 Å². The molecule has 3 atom stereocenters. The number of carbonyl (C=O) groups excluding carboxylic acids is 2. The molecule has 39 heavy (non-hydrogen) atoms. The smallest absolute Gasteiger partial charge is 0.407 e. The summed E-state index contributed by atoms with van der Waals surface area (Å²) in [5.41, 5.74) is 2.20. The molecular weight excluding hydrogens is 490 g/mol. The van der Waals surface area contributed by atoms with Crippen molar-refractivity contribution in [1.29, 1.82) is 0 Å². The number of hydrogen-bond donors (Lipinski definition) is 1. The molecule has 4 rings (SSSR count). The van der Waals surface area contributed by atoms with Crippen LogP contribution in [0.4, 0.5) is 4.79 Å². The summed E-state index contributed by atoms with van der Waals surface area (Å²) in [5, 5.41) is 3.08. The van der Waals surface area contributed by atoms with Crippen LogP contribution in [0.15, 0.2) is 91.0 Å². The average Bonchev–Trinajstić information content (AvgIpc) is 3.69. The van der Waals surface area contributed by atoms with Crippen molar-refractivity contribution in [3.63, 3.8) is 0 Å². The van der Waals surface area contributed by atoms with Crippen LogP contribution in [0.1, 0.15) is 44.4 Å². The first-order chi connectivity index (χ1) is 18.6. The molecule has 0 spiro atoms. The Labute approximate surface area is 231 Å². The Morgan fingerprint density at radius 3 is 1.77 bits per heavy atom. The predicted molar refractivity (Wildman–Crippen MR) is 151 cm³/mol. The van der Waals surface area contributed by atoms with Gasteiger partial charge in [-0.25, -0.2) is 4.79 Å². The van der Waals surface area contributed by atoms with Crippen molar-refractivity contribution in [3.05, 3.63) is 108 Å². The van der Waals surface area contributed by atoms with E-state index in [-0.39, 0.29) is 30.8 Å². The molecule has 1 aliphatic rings. The number of esters is 1. The summed E-state index contributed by atoms with van der Waals surface area (Å²) in [6.45, 7) is 7.18. The van der Waals surface area contributed by atoms with Crippen LogP contribution in [0.2, 0.25) is 0 Å². The molecule has 3 aromatic rings. The molecule has 1 aliphatic heterocycles. The lowest BCUT2D eigenvalue weighted by atomic mass is 9.72. The zero-order chi connectivity index (χ0) is 27.9. The van der Waals surface area contributed by atoms with Crippen LogP contribution < -0.4 is 5.32 Å². The number of benzene rings is 3. The minimum Gasteiger partial charge on any atom is -0.465 e. The molecule has 0 aliphatic carbocycles. The number of alkyl carbamates (subject to hydrolysis) is 1. The van der Waals surface area contributed by atoms with Gasteiger partial charge in [-0.05, 0) is 56.7 Å². The van der Waals surface area contributed by atoms with Gasteiger partial charge in [0.25, 0.3) is 0 Å². The summed E-state index contributed by atoms with van der Waals surface area (Å²) >= 11 is 0.